The van der Waals surface area contributed by atoms with Gasteiger partial charge in [-0.1, -0.05) is 55.0 Å². The molecule has 0 fully saturated rings. The summed E-state index contributed by atoms with van der Waals surface area (Å²) >= 11 is 2.81. The molecule has 0 bridgehead atoms. The smallest absolute Gasteiger partial charge is 0.338 e. The third kappa shape index (κ3) is 4.78. The number of hydrogen-bond acceptors (Lipinski definition) is 7. The number of anilines is 1. The minimum absolute atomic E-state index is 0.175. The Balaban J connectivity index is 1.76. The maximum absolute atomic E-state index is 14.2. The molecule has 0 radical (unpaired) electrons. The number of fused-ring (bicyclic) bond motifs is 2. The van der Waals surface area contributed by atoms with Crippen LogP contribution in [0.4, 0.5) is 5.69 Å². The molecule has 1 amide bonds. The summed E-state index contributed by atoms with van der Waals surface area (Å²) in [6.07, 6.45) is 3.48. The SMILES string of the molecule is CCCCN1C(=O)/C(=c2\sc3n(c2=O)[C@@H](c2ccc(SC)cc2)C(C(=O)OC(C)C)=C(C)N=3)c2ccccc21. The Hall–Kier alpha value is -3.43. The zero-order chi connectivity index (χ0) is 27.8. The number of esters is 1. The van der Waals surface area contributed by atoms with Crippen LogP contribution in [-0.2, 0) is 14.3 Å². The van der Waals surface area contributed by atoms with Crippen molar-refractivity contribution < 1.29 is 14.3 Å². The zero-order valence-electron chi connectivity index (χ0n) is 22.7. The maximum atomic E-state index is 14.2. The molecule has 0 spiro atoms. The second kappa shape index (κ2) is 11.0. The summed E-state index contributed by atoms with van der Waals surface area (Å²) < 4.78 is 7.48. The molecule has 1 atom stereocenters. The molecule has 2 aromatic carbocycles. The van der Waals surface area contributed by atoms with Gasteiger partial charge < -0.3 is 9.64 Å². The minimum atomic E-state index is -0.722. The first-order chi connectivity index (χ1) is 18.8. The van der Waals surface area contributed by atoms with Crippen molar-refractivity contribution in [2.45, 2.75) is 57.6 Å². The van der Waals surface area contributed by atoms with E-state index in [9.17, 15) is 14.4 Å². The summed E-state index contributed by atoms with van der Waals surface area (Å²) in [6.45, 7) is 8.02. The van der Waals surface area contributed by atoms with E-state index in [4.69, 9.17) is 4.74 Å². The second-order valence-corrected chi connectivity index (χ2v) is 11.7. The standard InChI is InChI=1S/C30H31N3O4S2/c1-6-7-16-32-22-11-9-8-10-21(22)24(27(32)34)26-28(35)33-25(19-12-14-20(38-5)15-13-19)23(29(36)37-17(2)3)18(4)31-30(33)39-26/h8-15,17,25H,6-7,16H2,1-5H3/b26-24-/t25-/m0/s1. The fraction of sp³-hybridized carbons (Fsp3) is 0.333. The van der Waals surface area contributed by atoms with E-state index >= 15 is 0 Å². The van der Waals surface area contributed by atoms with Crippen molar-refractivity contribution in [3.05, 3.63) is 90.6 Å². The van der Waals surface area contributed by atoms with E-state index in [0.717, 1.165) is 34.6 Å². The van der Waals surface area contributed by atoms with Crippen molar-refractivity contribution in [1.29, 1.82) is 0 Å². The molecule has 2 aliphatic rings. The van der Waals surface area contributed by atoms with Gasteiger partial charge in [0.2, 0.25) is 0 Å². The van der Waals surface area contributed by atoms with Gasteiger partial charge >= 0.3 is 5.97 Å². The number of hydrogen-bond donors (Lipinski definition) is 0. The van der Waals surface area contributed by atoms with E-state index in [1.165, 1.54) is 11.3 Å². The van der Waals surface area contributed by atoms with Crippen molar-refractivity contribution >= 4 is 46.2 Å². The Labute approximate surface area is 235 Å². The lowest BCUT2D eigenvalue weighted by molar-refractivity contribution is -0.143. The van der Waals surface area contributed by atoms with Gasteiger partial charge in [0.25, 0.3) is 11.5 Å². The number of benzene rings is 2. The number of para-hydroxylation sites is 1. The number of ether oxygens (including phenoxy) is 1. The maximum Gasteiger partial charge on any atom is 0.338 e. The topological polar surface area (TPSA) is 81.0 Å². The fourth-order valence-electron chi connectivity index (χ4n) is 5.05. The fourth-order valence-corrected chi connectivity index (χ4v) is 6.59. The molecular formula is C30H31N3O4S2. The highest BCUT2D eigenvalue weighted by Gasteiger charge is 2.37. The molecule has 39 heavy (non-hydrogen) atoms. The molecule has 0 unspecified atom stereocenters. The van der Waals surface area contributed by atoms with Crippen LogP contribution in [0.1, 0.15) is 57.7 Å². The number of amides is 1. The Morgan fingerprint density at radius 1 is 1.13 bits per heavy atom. The number of allylic oxidation sites excluding steroid dienone is 1. The Morgan fingerprint density at radius 2 is 1.85 bits per heavy atom. The van der Waals surface area contributed by atoms with Gasteiger partial charge in [-0.15, -0.1) is 11.8 Å². The summed E-state index contributed by atoms with van der Waals surface area (Å²) in [5, 5.41) is 0. The number of carbonyl (C=O) groups is 2. The molecule has 0 saturated carbocycles. The van der Waals surface area contributed by atoms with E-state index in [1.54, 1.807) is 42.0 Å². The van der Waals surface area contributed by atoms with E-state index in [0.29, 0.717) is 32.7 Å². The quantitative estimate of drug-likeness (QED) is 0.315. The van der Waals surface area contributed by atoms with Gasteiger partial charge in [0.1, 0.15) is 4.53 Å². The number of thiazole rings is 1. The molecule has 1 aromatic heterocycles. The van der Waals surface area contributed by atoms with Crippen LogP contribution in [0.2, 0.25) is 0 Å². The average Bonchev–Trinajstić information content (AvgIpc) is 3.38. The highest BCUT2D eigenvalue weighted by atomic mass is 32.2. The predicted molar refractivity (Wildman–Crippen MR) is 156 cm³/mol. The summed E-state index contributed by atoms with van der Waals surface area (Å²) in [6, 6.07) is 14.7. The Morgan fingerprint density at radius 3 is 2.51 bits per heavy atom. The summed E-state index contributed by atoms with van der Waals surface area (Å²) in [4.78, 5) is 49.3. The highest BCUT2D eigenvalue weighted by molar-refractivity contribution is 7.98. The van der Waals surface area contributed by atoms with Gasteiger partial charge in [0.15, 0.2) is 4.80 Å². The van der Waals surface area contributed by atoms with Gasteiger partial charge in [-0.05, 0) is 57.2 Å². The van der Waals surface area contributed by atoms with Crippen LogP contribution in [-0.4, -0.2) is 35.3 Å². The third-order valence-corrected chi connectivity index (χ3v) is 8.67. The predicted octanol–water partition coefficient (Wildman–Crippen LogP) is 4.43. The summed E-state index contributed by atoms with van der Waals surface area (Å²) in [5.41, 5.74) is 3.23. The van der Waals surface area contributed by atoms with Crippen molar-refractivity contribution in [3.63, 3.8) is 0 Å². The van der Waals surface area contributed by atoms with Gasteiger partial charge in [-0.3, -0.25) is 14.2 Å². The first-order valence-corrected chi connectivity index (χ1v) is 15.1. The van der Waals surface area contributed by atoms with E-state index in [1.807, 2.05) is 54.8 Å². The zero-order valence-corrected chi connectivity index (χ0v) is 24.3. The van der Waals surface area contributed by atoms with Crippen LogP contribution < -0.4 is 19.8 Å². The van der Waals surface area contributed by atoms with Crippen molar-refractivity contribution in [1.82, 2.24) is 4.57 Å². The number of nitrogens with zero attached hydrogens (tertiary/aromatic N) is 3. The van der Waals surface area contributed by atoms with E-state index in [2.05, 4.69) is 11.9 Å². The van der Waals surface area contributed by atoms with Gasteiger partial charge in [0.05, 0.1) is 34.7 Å². The number of rotatable bonds is 7. The third-order valence-electron chi connectivity index (χ3n) is 6.88. The molecule has 0 aliphatic carbocycles. The number of unbranched alkanes of at least 4 members (excludes halogenated alkanes) is 1. The highest BCUT2D eigenvalue weighted by Crippen LogP contribution is 2.36. The van der Waals surface area contributed by atoms with Crippen LogP contribution in [0.3, 0.4) is 0 Å². The van der Waals surface area contributed by atoms with Gasteiger partial charge in [0, 0.05) is 17.0 Å². The van der Waals surface area contributed by atoms with Crippen molar-refractivity contribution in [3.8, 4) is 0 Å². The van der Waals surface area contributed by atoms with Crippen molar-refractivity contribution in [2.24, 2.45) is 4.99 Å². The van der Waals surface area contributed by atoms with Crippen LogP contribution >= 0.6 is 23.1 Å². The molecular weight excluding hydrogens is 530 g/mol. The largest absolute Gasteiger partial charge is 0.459 e. The number of aromatic nitrogens is 1. The second-order valence-electron chi connectivity index (χ2n) is 9.83. The molecule has 0 N–H and O–H groups in total. The van der Waals surface area contributed by atoms with Crippen molar-refractivity contribution in [2.75, 3.05) is 17.7 Å². The summed E-state index contributed by atoms with van der Waals surface area (Å²) in [7, 11) is 0. The molecule has 0 saturated heterocycles. The average molecular weight is 562 g/mol. The van der Waals surface area contributed by atoms with Crippen LogP contribution in [0.5, 0.6) is 0 Å². The molecule has 3 aromatic rings. The monoisotopic (exact) mass is 561 g/mol. The first-order valence-electron chi connectivity index (χ1n) is 13.1. The lowest BCUT2D eigenvalue weighted by Crippen LogP contribution is -2.41. The van der Waals surface area contributed by atoms with Gasteiger partial charge in [-0.25, -0.2) is 9.79 Å². The number of carbonyl (C=O) groups excluding carboxylic acids is 2. The van der Waals surface area contributed by atoms with E-state index in [-0.39, 0.29) is 17.6 Å². The van der Waals surface area contributed by atoms with E-state index < -0.39 is 12.0 Å². The molecule has 3 heterocycles. The first kappa shape index (κ1) is 27.1. The Kier molecular flexibility index (Phi) is 7.64. The van der Waals surface area contributed by atoms with Crippen LogP contribution in [0.25, 0.3) is 5.57 Å². The number of thioether (sulfide) groups is 1. The molecule has 5 rings (SSSR count). The summed E-state index contributed by atoms with van der Waals surface area (Å²) in [5.74, 6) is -0.679. The molecule has 2 aliphatic heterocycles. The molecule has 9 heteroatoms. The lowest BCUT2D eigenvalue weighted by Gasteiger charge is -2.25. The normalized spacial score (nSPS) is 17.8. The van der Waals surface area contributed by atoms with Crippen LogP contribution in [0, 0.1) is 0 Å². The molecule has 7 nitrogen and oxygen atoms in total. The van der Waals surface area contributed by atoms with Crippen LogP contribution in [0.15, 0.2) is 74.5 Å². The van der Waals surface area contributed by atoms with Gasteiger partial charge in [-0.2, -0.15) is 0 Å². The Bertz CT molecular complexity index is 1670. The molecule has 202 valence electrons. The lowest BCUT2D eigenvalue weighted by atomic mass is 9.96. The minimum Gasteiger partial charge on any atom is -0.459 e.